The summed E-state index contributed by atoms with van der Waals surface area (Å²) in [6.07, 6.45) is 3.06. The molecule has 168 valence electrons. The highest BCUT2D eigenvalue weighted by Gasteiger charge is 2.40. The molecule has 1 amide bonds. The Labute approximate surface area is 188 Å². The monoisotopic (exact) mass is 454 g/mol. The Balaban J connectivity index is 1.56. The average molecular weight is 455 g/mol. The van der Waals surface area contributed by atoms with Crippen molar-refractivity contribution in [1.29, 1.82) is 0 Å². The zero-order chi connectivity index (χ0) is 22.6. The maximum atomic E-state index is 13.4. The Kier molecular flexibility index (Phi) is 6.62. The van der Waals surface area contributed by atoms with Gasteiger partial charge in [-0.15, -0.1) is 0 Å². The second-order valence-electron chi connectivity index (χ2n) is 7.77. The lowest BCUT2D eigenvalue weighted by Gasteiger charge is -2.27. The molecule has 1 saturated carbocycles. The predicted octanol–water partition coefficient (Wildman–Crippen LogP) is 3.67. The number of carbonyl (C=O) groups excluding carboxylic acids is 1. The summed E-state index contributed by atoms with van der Waals surface area (Å²) in [5.41, 5.74) is 0.961. The number of nitrogens with zero attached hydrogens (tertiary/aromatic N) is 2. The number of methoxy groups -OCH3 is 1. The number of ether oxygens (including phenoxy) is 1. The Morgan fingerprint density at radius 3 is 2.31 bits per heavy atom. The number of amides is 1. The van der Waals surface area contributed by atoms with E-state index in [1.807, 2.05) is 30.3 Å². The molecule has 0 aliphatic heterocycles. The molecule has 0 radical (unpaired) electrons. The molecule has 32 heavy (non-hydrogen) atoms. The minimum Gasteiger partial charge on any atom is -0.497 e. The van der Waals surface area contributed by atoms with Gasteiger partial charge in [-0.05, 0) is 54.8 Å². The minimum absolute atomic E-state index is 0.152. The van der Waals surface area contributed by atoms with Crippen molar-refractivity contribution >= 4 is 15.9 Å². The van der Waals surface area contributed by atoms with Crippen LogP contribution in [-0.2, 0) is 27.9 Å². The first kappa shape index (κ1) is 22.1. The summed E-state index contributed by atoms with van der Waals surface area (Å²) < 4.78 is 38.6. The maximum Gasteiger partial charge on any atom is 0.243 e. The molecule has 1 aliphatic carbocycles. The third-order valence-corrected chi connectivity index (χ3v) is 7.32. The van der Waals surface area contributed by atoms with Crippen molar-refractivity contribution in [3.63, 3.8) is 0 Å². The third kappa shape index (κ3) is 5.20. The first-order valence-electron chi connectivity index (χ1n) is 10.5. The molecule has 3 aromatic rings. The van der Waals surface area contributed by atoms with E-state index in [2.05, 4.69) is 0 Å². The van der Waals surface area contributed by atoms with Gasteiger partial charge in [-0.1, -0.05) is 30.3 Å². The van der Waals surface area contributed by atoms with E-state index in [0.29, 0.717) is 18.1 Å². The van der Waals surface area contributed by atoms with Crippen LogP contribution in [0.3, 0.4) is 0 Å². The molecule has 0 spiro atoms. The molecule has 0 unspecified atom stereocenters. The molecular weight excluding hydrogens is 428 g/mol. The molecular formula is C24H26N2O5S. The number of rotatable bonds is 10. The van der Waals surface area contributed by atoms with Gasteiger partial charge in [0.1, 0.15) is 11.5 Å². The Hall–Kier alpha value is -3.10. The van der Waals surface area contributed by atoms with Crippen molar-refractivity contribution in [1.82, 2.24) is 9.21 Å². The van der Waals surface area contributed by atoms with Crippen molar-refractivity contribution in [2.45, 2.75) is 36.9 Å². The highest BCUT2D eigenvalue weighted by Crippen LogP contribution is 2.32. The van der Waals surface area contributed by atoms with Crippen LogP contribution in [-0.4, -0.2) is 43.2 Å². The van der Waals surface area contributed by atoms with Gasteiger partial charge in [0.2, 0.25) is 15.9 Å². The number of sulfonamides is 1. The highest BCUT2D eigenvalue weighted by atomic mass is 32.2. The van der Waals surface area contributed by atoms with Crippen LogP contribution >= 0.6 is 0 Å². The van der Waals surface area contributed by atoms with Crippen LogP contribution in [0.1, 0.15) is 24.2 Å². The standard InChI is InChI=1S/C24H26N2O5S/c1-30-21-11-13-23(14-12-21)32(28,29)26(20-9-10-20)18-24(27)25(17-22-8-5-15-31-22)16-19-6-3-2-4-7-19/h2-8,11-15,20H,9-10,16-18H2,1H3. The van der Waals surface area contributed by atoms with Crippen LogP contribution in [0.25, 0.3) is 0 Å². The summed E-state index contributed by atoms with van der Waals surface area (Å²) in [5.74, 6) is 0.949. The fourth-order valence-corrected chi connectivity index (χ4v) is 5.15. The molecule has 0 bridgehead atoms. The van der Waals surface area contributed by atoms with Gasteiger partial charge in [-0.2, -0.15) is 4.31 Å². The quantitative estimate of drug-likeness (QED) is 0.467. The van der Waals surface area contributed by atoms with E-state index >= 15 is 0 Å². The fourth-order valence-electron chi connectivity index (χ4n) is 3.52. The van der Waals surface area contributed by atoms with Crippen molar-refractivity contribution in [3.8, 4) is 5.75 Å². The molecule has 0 saturated heterocycles. The normalized spacial score (nSPS) is 13.8. The number of hydrogen-bond donors (Lipinski definition) is 0. The zero-order valence-electron chi connectivity index (χ0n) is 17.9. The molecule has 1 heterocycles. The number of carbonyl (C=O) groups is 1. The summed E-state index contributed by atoms with van der Waals surface area (Å²) >= 11 is 0. The van der Waals surface area contributed by atoms with Crippen LogP contribution in [0, 0.1) is 0 Å². The van der Waals surface area contributed by atoms with E-state index in [-0.39, 0.29) is 29.9 Å². The summed E-state index contributed by atoms with van der Waals surface area (Å²) in [6.45, 7) is 0.413. The van der Waals surface area contributed by atoms with Crippen LogP contribution in [0.2, 0.25) is 0 Å². The molecule has 4 rings (SSSR count). The van der Waals surface area contributed by atoms with E-state index in [9.17, 15) is 13.2 Å². The number of furan rings is 1. The Morgan fingerprint density at radius 2 is 1.72 bits per heavy atom. The van der Waals surface area contributed by atoms with Crippen LogP contribution in [0.15, 0.2) is 82.3 Å². The average Bonchev–Trinajstić information content (AvgIpc) is 3.52. The van der Waals surface area contributed by atoms with Crippen molar-refractivity contribution < 1.29 is 22.4 Å². The van der Waals surface area contributed by atoms with Gasteiger partial charge < -0.3 is 14.1 Å². The molecule has 1 aliphatic rings. The minimum atomic E-state index is -3.82. The lowest BCUT2D eigenvalue weighted by atomic mass is 10.2. The van der Waals surface area contributed by atoms with Gasteiger partial charge >= 0.3 is 0 Å². The second kappa shape index (κ2) is 9.58. The van der Waals surface area contributed by atoms with Gasteiger partial charge in [0.25, 0.3) is 0 Å². The fraction of sp³-hybridized carbons (Fsp3) is 0.292. The van der Waals surface area contributed by atoms with E-state index in [0.717, 1.165) is 18.4 Å². The van der Waals surface area contributed by atoms with Crippen molar-refractivity contribution in [2.24, 2.45) is 0 Å². The van der Waals surface area contributed by atoms with Gasteiger partial charge in [-0.3, -0.25) is 4.79 Å². The molecule has 1 aromatic heterocycles. The molecule has 1 fully saturated rings. The summed E-state index contributed by atoms with van der Waals surface area (Å²) in [4.78, 5) is 15.1. The second-order valence-corrected chi connectivity index (χ2v) is 9.66. The van der Waals surface area contributed by atoms with Crippen molar-refractivity contribution in [2.75, 3.05) is 13.7 Å². The van der Waals surface area contributed by atoms with E-state index < -0.39 is 10.0 Å². The Bertz CT molecular complexity index is 1120. The smallest absolute Gasteiger partial charge is 0.243 e. The van der Waals surface area contributed by atoms with Gasteiger partial charge in [0.15, 0.2) is 0 Å². The van der Waals surface area contributed by atoms with E-state index in [1.54, 1.807) is 35.4 Å². The largest absolute Gasteiger partial charge is 0.497 e. The van der Waals surface area contributed by atoms with E-state index in [4.69, 9.17) is 9.15 Å². The predicted molar refractivity (Wildman–Crippen MR) is 119 cm³/mol. The third-order valence-electron chi connectivity index (χ3n) is 5.41. The number of benzene rings is 2. The highest BCUT2D eigenvalue weighted by molar-refractivity contribution is 7.89. The van der Waals surface area contributed by atoms with Crippen LogP contribution in [0.5, 0.6) is 5.75 Å². The first-order chi connectivity index (χ1) is 15.5. The van der Waals surface area contributed by atoms with Crippen LogP contribution in [0.4, 0.5) is 0 Å². The van der Waals surface area contributed by atoms with Gasteiger partial charge in [0.05, 0.1) is 31.4 Å². The summed E-state index contributed by atoms with van der Waals surface area (Å²) in [5, 5.41) is 0. The van der Waals surface area contributed by atoms with Gasteiger partial charge in [-0.25, -0.2) is 8.42 Å². The number of hydrogen-bond acceptors (Lipinski definition) is 5. The first-order valence-corrected chi connectivity index (χ1v) is 11.9. The summed E-state index contributed by atoms with van der Waals surface area (Å²) in [6, 6.07) is 19.3. The summed E-state index contributed by atoms with van der Waals surface area (Å²) in [7, 11) is -2.29. The maximum absolute atomic E-state index is 13.4. The van der Waals surface area contributed by atoms with Crippen molar-refractivity contribution in [3.05, 3.63) is 84.3 Å². The SMILES string of the molecule is COc1ccc(S(=O)(=O)N(CC(=O)N(Cc2ccccc2)Cc2ccco2)C2CC2)cc1. The molecule has 0 atom stereocenters. The lowest BCUT2D eigenvalue weighted by Crippen LogP contribution is -2.43. The molecule has 7 nitrogen and oxygen atoms in total. The molecule has 8 heteroatoms. The molecule has 2 aromatic carbocycles. The lowest BCUT2D eigenvalue weighted by molar-refractivity contribution is -0.133. The Morgan fingerprint density at radius 1 is 1.00 bits per heavy atom. The van der Waals surface area contributed by atoms with Crippen LogP contribution < -0.4 is 4.74 Å². The topological polar surface area (TPSA) is 80.1 Å². The molecule has 0 N–H and O–H groups in total. The van der Waals surface area contributed by atoms with Gasteiger partial charge in [0, 0.05) is 12.6 Å². The van der Waals surface area contributed by atoms with E-state index in [1.165, 1.54) is 23.5 Å². The zero-order valence-corrected chi connectivity index (χ0v) is 18.7.